The molecule has 4 nitrogen and oxygen atoms in total. The van der Waals surface area contributed by atoms with Crippen LogP contribution in [0, 0.1) is 5.82 Å². The maximum Gasteiger partial charge on any atom is 0.200 e. The highest BCUT2D eigenvalue weighted by Crippen LogP contribution is 2.30. The molecule has 0 unspecified atom stereocenters. The third-order valence-corrected chi connectivity index (χ3v) is 4.36. The fourth-order valence-electron chi connectivity index (χ4n) is 2.41. The van der Waals surface area contributed by atoms with Gasteiger partial charge >= 0.3 is 0 Å². The lowest BCUT2D eigenvalue weighted by molar-refractivity contribution is 0.415. The summed E-state index contributed by atoms with van der Waals surface area (Å²) in [5.41, 5.74) is 2.50. The van der Waals surface area contributed by atoms with Gasteiger partial charge in [0.25, 0.3) is 0 Å². The summed E-state index contributed by atoms with van der Waals surface area (Å²) in [5.74, 6) is 1.05. The molecule has 0 aliphatic rings. The van der Waals surface area contributed by atoms with Crippen LogP contribution in [0.3, 0.4) is 0 Å². The summed E-state index contributed by atoms with van der Waals surface area (Å²) in [4.78, 5) is 4.55. The third kappa shape index (κ3) is 2.83. The van der Waals surface area contributed by atoms with E-state index in [9.17, 15) is 4.39 Å². The number of methoxy groups -OCH3 is 1. The van der Waals surface area contributed by atoms with E-state index in [0.717, 1.165) is 17.0 Å². The number of nitrogens with zero attached hydrogens (tertiary/aromatic N) is 1. The number of rotatable bonds is 4. The Morgan fingerprint density at radius 3 is 2.75 bits per heavy atom. The van der Waals surface area contributed by atoms with Gasteiger partial charge in [-0.3, -0.25) is 0 Å². The number of hydrogen-bond donors (Lipinski definition) is 1. The molecule has 1 N–H and O–H groups in total. The number of halogens is 1. The number of nitrogens with one attached hydrogen (secondary N) is 1. The highest BCUT2D eigenvalue weighted by atomic mass is 32.1. The van der Waals surface area contributed by atoms with Gasteiger partial charge in [-0.05, 0) is 42.5 Å². The molecule has 0 amide bonds. The summed E-state index contributed by atoms with van der Waals surface area (Å²) in [6.07, 6.45) is 0. The minimum Gasteiger partial charge on any atom is -0.497 e. The smallest absolute Gasteiger partial charge is 0.200 e. The molecule has 0 spiro atoms. The Morgan fingerprint density at radius 1 is 1.12 bits per heavy atom. The fourth-order valence-corrected chi connectivity index (χ4v) is 3.13. The first-order chi connectivity index (χ1) is 11.7. The van der Waals surface area contributed by atoms with E-state index < -0.39 is 0 Å². The van der Waals surface area contributed by atoms with Crippen LogP contribution in [0.25, 0.3) is 22.2 Å². The van der Waals surface area contributed by atoms with Crippen molar-refractivity contribution in [2.45, 2.75) is 0 Å². The minimum atomic E-state index is -0.286. The van der Waals surface area contributed by atoms with Gasteiger partial charge in [0.1, 0.15) is 17.1 Å². The Bertz CT molecular complexity index is 992. The average Bonchev–Trinajstić information content (AvgIpc) is 3.21. The Kier molecular flexibility index (Phi) is 3.66. The number of ether oxygens (including phenoxy) is 1. The second-order valence-corrected chi connectivity index (χ2v) is 6.04. The summed E-state index contributed by atoms with van der Waals surface area (Å²) >= 11 is 1.47. The zero-order valence-electron chi connectivity index (χ0n) is 12.7. The van der Waals surface area contributed by atoms with Gasteiger partial charge in [-0.2, -0.15) is 0 Å². The molecule has 0 saturated heterocycles. The van der Waals surface area contributed by atoms with Crippen LogP contribution in [0.2, 0.25) is 0 Å². The van der Waals surface area contributed by atoms with Crippen LogP contribution in [0.15, 0.2) is 58.3 Å². The molecule has 6 heteroatoms. The van der Waals surface area contributed by atoms with Crippen LogP contribution < -0.4 is 10.1 Å². The third-order valence-electron chi connectivity index (χ3n) is 3.60. The lowest BCUT2D eigenvalue weighted by atomic mass is 10.2. The molecule has 2 heterocycles. The van der Waals surface area contributed by atoms with E-state index in [2.05, 4.69) is 10.3 Å². The van der Waals surface area contributed by atoms with E-state index in [1.54, 1.807) is 19.2 Å². The normalized spacial score (nSPS) is 10.9. The Hall–Kier alpha value is -2.86. The number of benzene rings is 2. The largest absolute Gasteiger partial charge is 0.497 e. The van der Waals surface area contributed by atoms with E-state index in [0.29, 0.717) is 22.0 Å². The predicted molar refractivity (Wildman–Crippen MR) is 93.6 cm³/mol. The topological polar surface area (TPSA) is 47.3 Å². The standard InChI is InChI=1S/C18H13FN2O2S/c1-22-14-5-2-11(3-6-14)15-10-24-18(20-15)21-17-9-12-8-13(19)4-7-16(12)23-17/h2-10H,1H3,(H,20,21). The molecule has 0 saturated carbocycles. The predicted octanol–water partition coefficient (Wildman–Crippen LogP) is 5.45. The number of hydrogen-bond acceptors (Lipinski definition) is 5. The molecule has 0 bridgehead atoms. The van der Waals surface area contributed by atoms with Gasteiger partial charge in [-0.1, -0.05) is 0 Å². The maximum absolute atomic E-state index is 13.2. The van der Waals surface area contributed by atoms with Crippen molar-refractivity contribution in [3.05, 3.63) is 59.7 Å². The molecule has 2 aromatic carbocycles. The molecule has 2 aromatic heterocycles. The van der Waals surface area contributed by atoms with E-state index >= 15 is 0 Å². The van der Waals surface area contributed by atoms with Crippen LogP contribution in [0.5, 0.6) is 5.75 Å². The molecule has 0 atom stereocenters. The van der Waals surface area contributed by atoms with E-state index in [1.165, 1.54) is 23.5 Å². The van der Waals surface area contributed by atoms with Crippen molar-refractivity contribution in [1.29, 1.82) is 0 Å². The molecule has 4 rings (SSSR count). The quantitative estimate of drug-likeness (QED) is 0.537. The van der Waals surface area contributed by atoms with Crippen molar-refractivity contribution < 1.29 is 13.5 Å². The van der Waals surface area contributed by atoms with E-state index in [1.807, 2.05) is 29.6 Å². The van der Waals surface area contributed by atoms with Crippen molar-refractivity contribution in [2.24, 2.45) is 0 Å². The first-order valence-electron chi connectivity index (χ1n) is 7.27. The molecule has 0 radical (unpaired) electrons. The van der Waals surface area contributed by atoms with E-state index in [-0.39, 0.29) is 5.82 Å². The fraction of sp³-hybridized carbons (Fsp3) is 0.0556. The molecular formula is C18H13FN2O2S. The zero-order chi connectivity index (χ0) is 16.5. The van der Waals surface area contributed by atoms with Gasteiger partial charge in [-0.15, -0.1) is 11.3 Å². The number of thiazole rings is 1. The van der Waals surface area contributed by atoms with Crippen LogP contribution in [-0.2, 0) is 0 Å². The average molecular weight is 340 g/mol. The van der Waals surface area contributed by atoms with Gasteiger partial charge in [0, 0.05) is 22.4 Å². The molecule has 24 heavy (non-hydrogen) atoms. The summed E-state index contributed by atoms with van der Waals surface area (Å²) in [5, 5.41) is 6.50. The van der Waals surface area contributed by atoms with Gasteiger partial charge in [-0.25, -0.2) is 9.37 Å². The molecule has 4 aromatic rings. The zero-order valence-corrected chi connectivity index (χ0v) is 13.6. The Morgan fingerprint density at radius 2 is 1.96 bits per heavy atom. The van der Waals surface area contributed by atoms with Crippen molar-refractivity contribution in [3.8, 4) is 17.0 Å². The molecular weight excluding hydrogens is 327 g/mol. The van der Waals surface area contributed by atoms with Crippen molar-refractivity contribution in [3.63, 3.8) is 0 Å². The molecule has 0 aliphatic carbocycles. The Balaban J connectivity index is 1.57. The summed E-state index contributed by atoms with van der Waals surface area (Å²) in [7, 11) is 1.64. The van der Waals surface area contributed by atoms with Crippen molar-refractivity contribution in [2.75, 3.05) is 12.4 Å². The highest BCUT2D eigenvalue weighted by Gasteiger charge is 2.09. The second-order valence-electron chi connectivity index (χ2n) is 5.18. The Labute approximate surface area is 141 Å². The maximum atomic E-state index is 13.2. The number of fused-ring (bicyclic) bond motifs is 1. The first-order valence-corrected chi connectivity index (χ1v) is 8.15. The first kappa shape index (κ1) is 14.7. The summed E-state index contributed by atoms with van der Waals surface area (Å²) in [6.45, 7) is 0. The minimum absolute atomic E-state index is 0.286. The summed E-state index contributed by atoms with van der Waals surface area (Å²) in [6, 6.07) is 13.9. The van der Waals surface area contributed by atoms with Gasteiger partial charge < -0.3 is 14.5 Å². The molecule has 0 aliphatic heterocycles. The van der Waals surface area contributed by atoms with Crippen LogP contribution in [0.1, 0.15) is 0 Å². The monoisotopic (exact) mass is 340 g/mol. The lowest BCUT2D eigenvalue weighted by Crippen LogP contribution is -1.87. The lowest BCUT2D eigenvalue weighted by Gasteiger charge is -2.00. The number of furan rings is 1. The second kappa shape index (κ2) is 5.98. The van der Waals surface area contributed by atoms with Gasteiger partial charge in [0.15, 0.2) is 11.0 Å². The molecule has 0 fully saturated rings. The highest BCUT2D eigenvalue weighted by molar-refractivity contribution is 7.14. The number of anilines is 2. The van der Waals surface area contributed by atoms with Gasteiger partial charge in [0.05, 0.1) is 12.8 Å². The van der Waals surface area contributed by atoms with E-state index in [4.69, 9.17) is 9.15 Å². The summed E-state index contributed by atoms with van der Waals surface area (Å²) < 4.78 is 24.0. The molecule has 120 valence electrons. The van der Waals surface area contributed by atoms with Gasteiger partial charge in [0.2, 0.25) is 0 Å². The van der Waals surface area contributed by atoms with Crippen molar-refractivity contribution in [1.82, 2.24) is 4.98 Å². The number of aromatic nitrogens is 1. The SMILES string of the molecule is COc1ccc(-c2csc(Nc3cc4cc(F)ccc4o3)n2)cc1. The van der Waals surface area contributed by atoms with Crippen LogP contribution in [0.4, 0.5) is 15.4 Å². The van der Waals surface area contributed by atoms with Crippen LogP contribution in [-0.4, -0.2) is 12.1 Å². The van der Waals surface area contributed by atoms with Crippen molar-refractivity contribution >= 4 is 33.3 Å². The van der Waals surface area contributed by atoms with Crippen LogP contribution >= 0.6 is 11.3 Å².